The lowest BCUT2D eigenvalue weighted by molar-refractivity contribution is -0.385. The molecule has 0 saturated carbocycles. The van der Waals surface area contributed by atoms with Gasteiger partial charge in [-0.15, -0.1) is 0 Å². The second-order valence-electron chi connectivity index (χ2n) is 5.24. The number of esters is 1. The molecule has 6 nitrogen and oxygen atoms in total. The highest BCUT2D eigenvalue weighted by molar-refractivity contribution is 6.02. The summed E-state index contributed by atoms with van der Waals surface area (Å²) in [6.45, 7) is 3.46. The van der Waals surface area contributed by atoms with Crippen molar-refractivity contribution in [2.24, 2.45) is 0 Å². The van der Waals surface area contributed by atoms with Gasteiger partial charge in [-0.05, 0) is 25.0 Å². The molecule has 0 heterocycles. The first-order chi connectivity index (χ1) is 11.4. The lowest BCUT2D eigenvalue weighted by Crippen LogP contribution is -2.24. The van der Waals surface area contributed by atoms with Crippen molar-refractivity contribution < 1.29 is 19.2 Å². The van der Waals surface area contributed by atoms with Gasteiger partial charge in [0.2, 0.25) is 5.78 Å². The number of Topliss-reactive ketones (excluding diaryl/α,β-unsaturated/α-hetero) is 1. The van der Waals surface area contributed by atoms with Gasteiger partial charge >= 0.3 is 5.97 Å². The quantitative estimate of drug-likeness (QED) is 0.350. The molecule has 0 N–H and O–H groups in total. The minimum absolute atomic E-state index is 0.177. The summed E-state index contributed by atoms with van der Waals surface area (Å²) in [7, 11) is 0. The Morgan fingerprint density at radius 2 is 1.75 bits per heavy atom. The van der Waals surface area contributed by atoms with E-state index in [-0.39, 0.29) is 17.0 Å². The van der Waals surface area contributed by atoms with E-state index >= 15 is 0 Å². The number of nitro groups is 1. The molecule has 1 unspecified atom stereocenters. The SMILES string of the molecule is CCc1ccc(C(=O)C(C)OC(=O)c2ccccc2[N+](=O)[O-])cc1. The zero-order chi connectivity index (χ0) is 17.7. The van der Waals surface area contributed by atoms with Crippen LogP contribution in [0.25, 0.3) is 0 Å². The molecule has 0 fully saturated rings. The fourth-order valence-electron chi connectivity index (χ4n) is 2.22. The number of ketones is 1. The molecule has 0 bridgehead atoms. The Morgan fingerprint density at radius 1 is 1.12 bits per heavy atom. The van der Waals surface area contributed by atoms with Gasteiger partial charge in [0.15, 0.2) is 6.10 Å². The van der Waals surface area contributed by atoms with Crippen LogP contribution < -0.4 is 0 Å². The van der Waals surface area contributed by atoms with Crippen molar-refractivity contribution in [3.05, 3.63) is 75.3 Å². The van der Waals surface area contributed by atoms with Gasteiger partial charge in [-0.2, -0.15) is 0 Å². The number of nitro benzene ring substituents is 1. The van der Waals surface area contributed by atoms with Crippen LogP contribution in [-0.2, 0) is 11.2 Å². The Balaban J connectivity index is 2.13. The highest BCUT2D eigenvalue weighted by Gasteiger charge is 2.25. The molecule has 0 aromatic heterocycles. The van der Waals surface area contributed by atoms with Crippen LogP contribution in [0.1, 0.15) is 40.1 Å². The van der Waals surface area contributed by atoms with Crippen LogP contribution in [-0.4, -0.2) is 22.8 Å². The maximum absolute atomic E-state index is 12.3. The molecule has 2 rings (SSSR count). The zero-order valence-corrected chi connectivity index (χ0v) is 13.4. The molecule has 1 atom stereocenters. The molecule has 0 radical (unpaired) electrons. The predicted molar refractivity (Wildman–Crippen MR) is 88.1 cm³/mol. The molecule has 0 amide bonds. The summed E-state index contributed by atoms with van der Waals surface area (Å²) >= 11 is 0. The minimum atomic E-state index is -1.04. The van der Waals surface area contributed by atoms with E-state index in [2.05, 4.69) is 0 Å². The Hall–Kier alpha value is -3.02. The maximum atomic E-state index is 12.3. The van der Waals surface area contributed by atoms with E-state index < -0.39 is 17.0 Å². The van der Waals surface area contributed by atoms with Crippen LogP contribution in [0, 0.1) is 10.1 Å². The number of para-hydroxylation sites is 1. The molecular weight excluding hydrogens is 310 g/mol. The summed E-state index contributed by atoms with van der Waals surface area (Å²) in [4.78, 5) is 34.8. The van der Waals surface area contributed by atoms with Crippen molar-refractivity contribution >= 4 is 17.4 Å². The normalized spacial score (nSPS) is 11.6. The first-order valence-corrected chi connectivity index (χ1v) is 7.51. The Kier molecular flexibility index (Phi) is 5.42. The van der Waals surface area contributed by atoms with E-state index in [4.69, 9.17) is 4.74 Å². The lowest BCUT2D eigenvalue weighted by Gasteiger charge is -2.12. The smallest absolute Gasteiger partial charge is 0.345 e. The zero-order valence-electron chi connectivity index (χ0n) is 13.4. The van der Waals surface area contributed by atoms with Crippen LogP contribution in [0.15, 0.2) is 48.5 Å². The molecule has 0 spiro atoms. The summed E-state index contributed by atoms with van der Waals surface area (Å²) in [5, 5.41) is 11.0. The van der Waals surface area contributed by atoms with E-state index in [0.29, 0.717) is 5.56 Å². The summed E-state index contributed by atoms with van der Waals surface area (Å²) in [5.74, 6) is -1.25. The van der Waals surface area contributed by atoms with E-state index in [1.54, 1.807) is 12.1 Å². The highest BCUT2D eigenvalue weighted by Crippen LogP contribution is 2.20. The van der Waals surface area contributed by atoms with Crippen LogP contribution in [0.4, 0.5) is 5.69 Å². The first kappa shape index (κ1) is 17.3. The second-order valence-corrected chi connectivity index (χ2v) is 5.24. The average molecular weight is 327 g/mol. The van der Waals surface area contributed by atoms with Gasteiger partial charge < -0.3 is 4.74 Å². The second kappa shape index (κ2) is 7.50. The average Bonchev–Trinajstić information content (AvgIpc) is 2.61. The third-order valence-corrected chi connectivity index (χ3v) is 3.62. The lowest BCUT2D eigenvalue weighted by atomic mass is 10.0. The van der Waals surface area contributed by atoms with Gasteiger partial charge in [0.1, 0.15) is 5.56 Å². The highest BCUT2D eigenvalue weighted by atomic mass is 16.6. The van der Waals surface area contributed by atoms with Gasteiger partial charge in [0.05, 0.1) is 4.92 Å². The van der Waals surface area contributed by atoms with E-state index in [9.17, 15) is 19.7 Å². The van der Waals surface area contributed by atoms with Crippen LogP contribution in [0.2, 0.25) is 0 Å². The summed E-state index contributed by atoms with van der Waals surface area (Å²) in [6, 6.07) is 12.5. The number of carbonyl (C=O) groups excluding carboxylic acids is 2. The molecule has 2 aromatic rings. The predicted octanol–water partition coefficient (Wildman–Crippen LogP) is 3.59. The van der Waals surface area contributed by atoms with E-state index in [1.807, 2.05) is 19.1 Å². The molecule has 124 valence electrons. The number of nitrogens with zero attached hydrogens (tertiary/aromatic N) is 1. The summed E-state index contributed by atoms with van der Waals surface area (Å²) in [6.07, 6.45) is -0.179. The number of rotatable bonds is 6. The summed E-state index contributed by atoms with van der Waals surface area (Å²) in [5.41, 5.74) is 0.990. The number of carbonyl (C=O) groups is 2. The van der Waals surface area contributed by atoms with Gasteiger partial charge in [0.25, 0.3) is 5.69 Å². The Morgan fingerprint density at radius 3 is 2.33 bits per heavy atom. The molecule has 0 aliphatic carbocycles. The maximum Gasteiger partial charge on any atom is 0.345 e. The minimum Gasteiger partial charge on any atom is -0.450 e. The number of ether oxygens (including phenoxy) is 1. The topological polar surface area (TPSA) is 86.5 Å². The standard InChI is InChI=1S/C18H17NO5/c1-3-13-8-10-14(11-9-13)17(20)12(2)24-18(21)15-6-4-5-7-16(15)19(22)23/h4-12H,3H2,1-2H3. The first-order valence-electron chi connectivity index (χ1n) is 7.51. The van der Waals surface area contributed by atoms with Crippen molar-refractivity contribution in [3.8, 4) is 0 Å². The van der Waals surface area contributed by atoms with Crippen LogP contribution in [0.3, 0.4) is 0 Å². The number of benzene rings is 2. The fourth-order valence-corrected chi connectivity index (χ4v) is 2.22. The fraction of sp³-hybridized carbons (Fsp3) is 0.222. The molecule has 2 aromatic carbocycles. The number of aryl methyl sites for hydroxylation is 1. The van der Waals surface area contributed by atoms with Gasteiger partial charge in [0, 0.05) is 11.6 Å². The van der Waals surface area contributed by atoms with E-state index in [1.165, 1.54) is 31.2 Å². The van der Waals surface area contributed by atoms with Crippen molar-refractivity contribution in [1.29, 1.82) is 0 Å². The molecule has 24 heavy (non-hydrogen) atoms. The third-order valence-electron chi connectivity index (χ3n) is 3.62. The van der Waals surface area contributed by atoms with Crippen LogP contribution in [0.5, 0.6) is 0 Å². The van der Waals surface area contributed by atoms with Crippen molar-refractivity contribution in [1.82, 2.24) is 0 Å². The van der Waals surface area contributed by atoms with Gasteiger partial charge in [-0.25, -0.2) is 4.79 Å². The third kappa shape index (κ3) is 3.84. The van der Waals surface area contributed by atoms with Crippen molar-refractivity contribution in [2.45, 2.75) is 26.4 Å². The van der Waals surface area contributed by atoms with Crippen molar-refractivity contribution in [3.63, 3.8) is 0 Å². The molecule has 0 aliphatic rings. The van der Waals surface area contributed by atoms with Gasteiger partial charge in [-0.1, -0.05) is 43.3 Å². The molecular formula is C18H17NO5. The number of hydrogen-bond donors (Lipinski definition) is 0. The molecule has 6 heteroatoms. The number of hydrogen-bond acceptors (Lipinski definition) is 5. The largest absolute Gasteiger partial charge is 0.450 e. The Bertz CT molecular complexity index is 767. The summed E-state index contributed by atoms with van der Waals surface area (Å²) < 4.78 is 5.11. The Labute approximate surface area is 139 Å². The van der Waals surface area contributed by atoms with Crippen LogP contribution >= 0.6 is 0 Å². The molecule has 0 saturated heterocycles. The van der Waals surface area contributed by atoms with Gasteiger partial charge in [-0.3, -0.25) is 14.9 Å². The monoisotopic (exact) mass is 327 g/mol. The molecule has 0 aliphatic heterocycles. The van der Waals surface area contributed by atoms with E-state index in [0.717, 1.165) is 12.0 Å². The van der Waals surface area contributed by atoms with Crippen molar-refractivity contribution in [2.75, 3.05) is 0 Å².